The number of nitrogens with zero attached hydrogens (tertiary/aromatic N) is 2. The quantitative estimate of drug-likeness (QED) is 0.497. The molecule has 180 valence electrons. The number of carbonyl (C=O) groups excluding carboxylic acids is 4. The van der Waals surface area contributed by atoms with Gasteiger partial charge in [-0.15, -0.1) is 0 Å². The van der Waals surface area contributed by atoms with Gasteiger partial charge in [-0.3, -0.25) is 24.7 Å². The van der Waals surface area contributed by atoms with Crippen molar-refractivity contribution in [3.05, 3.63) is 58.3 Å². The smallest absolute Gasteiger partial charge is 0.344 e. The van der Waals surface area contributed by atoms with Gasteiger partial charge in [0.05, 0.1) is 6.54 Å². The van der Waals surface area contributed by atoms with Crippen molar-refractivity contribution in [2.24, 2.45) is 0 Å². The molecule has 2 aliphatic rings. The van der Waals surface area contributed by atoms with Gasteiger partial charge < -0.3 is 10.6 Å². The number of hydrogen-bond donors (Lipinski definition) is 3. The van der Waals surface area contributed by atoms with Crippen molar-refractivity contribution in [3.63, 3.8) is 0 Å². The third-order valence-electron chi connectivity index (χ3n) is 6.33. The Balaban J connectivity index is 1.22. The van der Waals surface area contributed by atoms with Crippen molar-refractivity contribution in [1.29, 1.82) is 0 Å². The van der Waals surface area contributed by atoms with Crippen LogP contribution in [0.2, 0.25) is 0 Å². The van der Waals surface area contributed by atoms with Gasteiger partial charge >= 0.3 is 6.03 Å². The predicted octanol–water partition coefficient (Wildman–Crippen LogP) is 1.92. The number of urea groups is 1. The first kappa shape index (κ1) is 23.9. The Labute approximate surface area is 202 Å². The molecule has 1 aromatic heterocycles. The fourth-order valence-electron chi connectivity index (χ4n) is 4.26. The van der Waals surface area contributed by atoms with Gasteiger partial charge in [0, 0.05) is 30.1 Å². The van der Waals surface area contributed by atoms with E-state index in [2.05, 4.69) is 16.1 Å². The molecule has 9 nitrogen and oxygen atoms in total. The molecular formula is C24H29N5O4S. The van der Waals surface area contributed by atoms with Gasteiger partial charge in [0.15, 0.2) is 0 Å². The van der Waals surface area contributed by atoms with Crippen molar-refractivity contribution < 1.29 is 19.2 Å². The molecule has 5 amide bonds. The Morgan fingerprint density at radius 3 is 2.56 bits per heavy atom. The minimum absolute atomic E-state index is 0.0583. The molecule has 2 fully saturated rings. The fourth-order valence-corrected chi connectivity index (χ4v) is 4.89. The molecule has 1 unspecified atom stereocenters. The first-order chi connectivity index (χ1) is 16.3. The van der Waals surface area contributed by atoms with Crippen LogP contribution in [0.15, 0.2) is 47.2 Å². The number of hydrogen-bond acceptors (Lipinski definition) is 6. The van der Waals surface area contributed by atoms with Crippen LogP contribution in [-0.4, -0.2) is 64.9 Å². The number of rotatable bonds is 8. The van der Waals surface area contributed by atoms with Crippen molar-refractivity contribution >= 4 is 35.1 Å². The van der Waals surface area contributed by atoms with Crippen molar-refractivity contribution in [2.45, 2.75) is 44.2 Å². The van der Waals surface area contributed by atoms with E-state index in [0.29, 0.717) is 31.5 Å². The van der Waals surface area contributed by atoms with E-state index in [9.17, 15) is 19.2 Å². The summed E-state index contributed by atoms with van der Waals surface area (Å²) >= 11 is 1.48. The average molecular weight is 484 g/mol. The molecule has 0 saturated carbocycles. The number of piperidine rings is 1. The lowest BCUT2D eigenvalue weighted by Crippen LogP contribution is -2.52. The number of nitrogens with one attached hydrogen (secondary N) is 3. The molecule has 2 aliphatic heterocycles. The Hall–Kier alpha value is -3.24. The van der Waals surface area contributed by atoms with E-state index >= 15 is 0 Å². The summed E-state index contributed by atoms with van der Waals surface area (Å²) in [5.74, 6) is -0.959. The molecule has 3 N–H and O–H groups in total. The number of imide groups is 1. The van der Waals surface area contributed by atoms with Crippen LogP contribution in [0.3, 0.4) is 0 Å². The molecule has 0 radical (unpaired) electrons. The molecule has 10 heteroatoms. The van der Waals surface area contributed by atoms with E-state index in [1.54, 1.807) is 13.0 Å². The van der Waals surface area contributed by atoms with Crippen LogP contribution in [-0.2, 0) is 16.0 Å². The molecular weight excluding hydrogens is 454 g/mol. The highest BCUT2D eigenvalue weighted by Crippen LogP contribution is 2.22. The van der Waals surface area contributed by atoms with Gasteiger partial charge in [-0.05, 0) is 49.6 Å². The van der Waals surface area contributed by atoms with E-state index in [0.717, 1.165) is 23.4 Å². The van der Waals surface area contributed by atoms with E-state index in [1.807, 2.05) is 46.0 Å². The summed E-state index contributed by atoms with van der Waals surface area (Å²) < 4.78 is 0. The Morgan fingerprint density at radius 2 is 1.88 bits per heavy atom. The summed E-state index contributed by atoms with van der Waals surface area (Å²) in [5, 5.41) is 10.2. The molecule has 1 atom stereocenters. The summed E-state index contributed by atoms with van der Waals surface area (Å²) in [7, 11) is 0. The maximum absolute atomic E-state index is 12.9. The van der Waals surface area contributed by atoms with Crippen LogP contribution in [0.25, 0.3) is 0 Å². The lowest BCUT2D eigenvalue weighted by atomic mass is 9.93. The standard InChI is InChI=1S/C24H29N5O4S/c1-24(11-7-17-5-3-2-4-6-17)22(32)29(23(33)26-24)27-20(30)15-28-12-8-19(9-13-28)25-21(31)18-10-14-34-16-18/h2-6,10,14,16,19H,7-9,11-13,15H2,1H3,(H,25,31)(H,26,33)(H,27,30). The molecule has 0 bridgehead atoms. The zero-order valence-corrected chi connectivity index (χ0v) is 19.9. The highest BCUT2D eigenvalue weighted by molar-refractivity contribution is 7.08. The SMILES string of the molecule is CC1(CCc2ccccc2)NC(=O)N(NC(=O)CN2CCC(NC(=O)c3ccsc3)CC2)C1=O. The Kier molecular flexibility index (Phi) is 7.28. The fraction of sp³-hybridized carbons (Fsp3) is 0.417. The number of amides is 5. The molecule has 2 saturated heterocycles. The largest absolute Gasteiger partial charge is 0.349 e. The number of hydrazine groups is 1. The van der Waals surface area contributed by atoms with Gasteiger partial charge in [0.25, 0.3) is 17.7 Å². The average Bonchev–Trinajstić information content (AvgIpc) is 3.44. The van der Waals surface area contributed by atoms with Crippen LogP contribution in [0.4, 0.5) is 4.79 Å². The molecule has 3 heterocycles. The highest BCUT2D eigenvalue weighted by Gasteiger charge is 2.48. The van der Waals surface area contributed by atoms with Crippen LogP contribution >= 0.6 is 11.3 Å². The van der Waals surface area contributed by atoms with Crippen LogP contribution in [0.5, 0.6) is 0 Å². The Morgan fingerprint density at radius 1 is 1.15 bits per heavy atom. The highest BCUT2D eigenvalue weighted by atomic mass is 32.1. The summed E-state index contributed by atoms with van der Waals surface area (Å²) in [4.78, 5) is 52.0. The maximum Gasteiger partial charge on any atom is 0.344 e. The summed E-state index contributed by atoms with van der Waals surface area (Å²) in [6.07, 6.45) is 2.51. The minimum atomic E-state index is -1.07. The van der Waals surface area contributed by atoms with E-state index < -0.39 is 23.4 Å². The lowest BCUT2D eigenvalue weighted by molar-refractivity contribution is -0.139. The number of aryl methyl sites for hydroxylation is 1. The second kappa shape index (κ2) is 10.4. The zero-order chi connectivity index (χ0) is 24.1. The van der Waals surface area contributed by atoms with Crippen molar-refractivity contribution in [3.8, 4) is 0 Å². The summed E-state index contributed by atoms with van der Waals surface area (Å²) in [6, 6.07) is 11.0. The van der Waals surface area contributed by atoms with Crippen molar-refractivity contribution in [2.75, 3.05) is 19.6 Å². The molecule has 1 aromatic carbocycles. The third-order valence-corrected chi connectivity index (χ3v) is 7.01. The Bertz CT molecular complexity index is 1040. The second-order valence-corrected chi connectivity index (χ2v) is 9.74. The third kappa shape index (κ3) is 5.63. The first-order valence-corrected chi connectivity index (χ1v) is 12.3. The van der Waals surface area contributed by atoms with E-state index in [-0.39, 0.29) is 18.5 Å². The lowest BCUT2D eigenvalue weighted by Gasteiger charge is -2.32. The van der Waals surface area contributed by atoms with Gasteiger partial charge in [-0.25, -0.2) is 4.79 Å². The molecule has 34 heavy (non-hydrogen) atoms. The number of carbonyl (C=O) groups is 4. The maximum atomic E-state index is 12.9. The normalized spacial score (nSPS) is 21.4. The van der Waals surface area contributed by atoms with Gasteiger partial charge in [-0.2, -0.15) is 16.3 Å². The van der Waals surface area contributed by atoms with Gasteiger partial charge in [-0.1, -0.05) is 30.3 Å². The van der Waals surface area contributed by atoms with E-state index in [1.165, 1.54) is 11.3 Å². The second-order valence-electron chi connectivity index (χ2n) is 8.96. The molecule has 2 aromatic rings. The topological polar surface area (TPSA) is 111 Å². The monoisotopic (exact) mass is 483 g/mol. The zero-order valence-electron chi connectivity index (χ0n) is 19.1. The summed E-state index contributed by atoms with van der Waals surface area (Å²) in [6.45, 7) is 3.02. The van der Waals surface area contributed by atoms with Crippen LogP contribution in [0, 0.1) is 0 Å². The number of likely N-dealkylation sites (tertiary alicyclic amines) is 1. The summed E-state index contributed by atoms with van der Waals surface area (Å²) in [5.41, 5.74) is 3.13. The first-order valence-electron chi connectivity index (χ1n) is 11.4. The van der Waals surface area contributed by atoms with Gasteiger partial charge in [0.2, 0.25) is 0 Å². The molecule has 0 spiro atoms. The van der Waals surface area contributed by atoms with Crippen molar-refractivity contribution in [1.82, 2.24) is 26.0 Å². The van der Waals surface area contributed by atoms with E-state index in [4.69, 9.17) is 0 Å². The van der Waals surface area contributed by atoms with Gasteiger partial charge in [0.1, 0.15) is 5.54 Å². The van der Waals surface area contributed by atoms with Crippen LogP contribution < -0.4 is 16.1 Å². The minimum Gasteiger partial charge on any atom is -0.349 e. The number of thiophene rings is 1. The number of benzene rings is 1. The van der Waals surface area contributed by atoms with Crippen LogP contribution in [0.1, 0.15) is 42.1 Å². The predicted molar refractivity (Wildman–Crippen MR) is 128 cm³/mol. The molecule has 4 rings (SSSR count). The molecule has 0 aliphatic carbocycles.